The maximum Gasteiger partial charge on any atom is 0.224 e. The zero-order chi connectivity index (χ0) is 15.4. The van der Waals surface area contributed by atoms with Gasteiger partial charge in [0.25, 0.3) is 0 Å². The maximum atomic E-state index is 5.96. The standard InChI is InChI=1S/C16H19ClN2O2/c1-10(2)13-6-5-12(7-11(13)3)21-16-8-14(17)18-15(19-16)9-20-4/h5-8,10H,9H2,1-4H3. The Morgan fingerprint density at radius 1 is 1.19 bits per heavy atom. The number of halogens is 1. The van der Waals surface area contributed by atoms with Gasteiger partial charge >= 0.3 is 0 Å². The van der Waals surface area contributed by atoms with Gasteiger partial charge in [0.05, 0.1) is 0 Å². The molecule has 0 radical (unpaired) electrons. The van der Waals surface area contributed by atoms with Crippen LogP contribution in [0.25, 0.3) is 0 Å². The summed E-state index contributed by atoms with van der Waals surface area (Å²) in [7, 11) is 1.58. The zero-order valence-electron chi connectivity index (χ0n) is 12.7. The minimum absolute atomic E-state index is 0.294. The molecule has 0 unspecified atom stereocenters. The minimum atomic E-state index is 0.294. The summed E-state index contributed by atoms with van der Waals surface area (Å²) in [5.74, 6) is 2.13. The van der Waals surface area contributed by atoms with E-state index in [0.717, 1.165) is 5.75 Å². The first kappa shape index (κ1) is 15.7. The van der Waals surface area contributed by atoms with E-state index < -0.39 is 0 Å². The highest BCUT2D eigenvalue weighted by molar-refractivity contribution is 6.29. The van der Waals surface area contributed by atoms with Crippen LogP contribution in [0.2, 0.25) is 5.15 Å². The lowest BCUT2D eigenvalue weighted by molar-refractivity contribution is 0.177. The monoisotopic (exact) mass is 306 g/mol. The van der Waals surface area contributed by atoms with Crippen molar-refractivity contribution in [1.29, 1.82) is 0 Å². The molecule has 5 heteroatoms. The summed E-state index contributed by atoms with van der Waals surface area (Å²) in [5, 5.41) is 0.336. The van der Waals surface area contributed by atoms with E-state index in [1.54, 1.807) is 13.2 Å². The fraction of sp³-hybridized carbons (Fsp3) is 0.375. The first-order chi connectivity index (χ1) is 9.99. The maximum absolute atomic E-state index is 5.96. The molecule has 1 aromatic heterocycles. The highest BCUT2D eigenvalue weighted by atomic mass is 35.5. The van der Waals surface area contributed by atoms with Gasteiger partial charge in [-0.15, -0.1) is 0 Å². The van der Waals surface area contributed by atoms with Crippen LogP contribution in [0.15, 0.2) is 24.3 Å². The molecule has 0 aliphatic carbocycles. The second-order valence-electron chi connectivity index (χ2n) is 5.15. The predicted octanol–water partition coefficient (Wildman–Crippen LogP) is 4.50. The molecule has 0 saturated heterocycles. The van der Waals surface area contributed by atoms with Crippen molar-refractivity contribution >= 4 is 11.6 Å². The molecule has 0 amide bonds. The van der Waals surface area contributed by atoms with Gasteiger partial charge in [0.2, 0.25) is 5.88 Å². The SMILES string of the molecule is COCc1nc(Cl)cc(Oc2ccc(C(C)C)c(C)c2)n1. The number of rotatable bonds is 5. The van der Waals surface area contributed by atoms with Crippen LogP contribution in [0.5, 0.6) is 11.6 Å². The Balaban J connectivity index is 2.23. The number of hydrogen-bond acceptors (Lipinski definition) is 4. The molecule has 0 aliphatic heterocycles. The van der Waals surface area contributed by atoms with Crippen LogP contribution in [-0.4, -0.2) is 17.1 Å². The second-order valence-corrected chi connectivity index (χ2v) is 5.54. The van der Waals surface area contributed by atoms with Gasteiger partial charge in [-0.3, -0.25) is 0 Å². The molecule has 0 saturated carbocycles. The van der Waals surface area contributed by atoms with Crippen LogP contribution < -0.4 is 4.74 Å². The highest BCUT2D eigenvalue weighted by Crippen LogP contribution is 2.27. The number of ether oxygens (including phenoxy) is 2. The average Bonchev–Trinajstić information content (AvgIpc) is 2.37. The van der Waals surface area contributed by atoms with Crippen molar-refractivity contribution < 1.29 is 9.47 Å². The van der Waals surface area contributed by atoms with E-state index in [2.05, 4.69) is 36.8 Å². The van der Waals surface area contributed by atoms with Crippen LogP contribution >= 0.6 is 11.6 Å². The van der Waals surface area contributed by atoms with Crippen molar-refractivity contribution in [3.8, 4) is 11.6 Å². The van der Waals surface area contributed by atoms with Crippen molar-refractivity contribution in [2.45, 2.75) is 33.3 Å². The molecular weight excluding hydrogens is 288 g/mol. The van der Waals surface area contributed by atoms with E-state index in [-0.39, 0.29) is 0 Å². The van der Waals surface area contributed by atoms with Gasteiger partial charge in [0, 0.05) is 13.2 Å². The van der Waals surface area contributed by atoms with Crippen molar-refractivity contribution in [3.63, 3.8) is 0 Å². The molecule has 0 N–H and O–H groups in total. The van der Waals surface area contributed by atoms with Crippen LogP contribution in [0.1, 0.15) is 36.7 Å². The van der Waals surface area contributed by atoms with Crippen molar-refractivity contribution in [3.05, 3.63) is 46.4 Å². The molecule has 4 nitrogen and oxygen atoms in total. The van der Waals surface area contributed by atoms with E-state index in [1.807, 2.05) is 12.1 Å². The molecule has 0 fully saturated rings. The summed E-state index contributed by atoms with van der Waals surface area (Å²) in [6.07, 6.45) is 0. The summed E-state index contributed by atoms with van der Waals surface area (Å²) < 4.78 is 10.8. The lowest BCUT2D eigenvalue weighted by Crippen LogP contribution is -2.00. The third kappa shape index (κ3) is 4.16. The smallest absolute Gasteiger partial charge is 0.224 e. The van der Waals surface area contributed by atoms with Crippen molar-refractivity contribution in [2.75, 3.05) is 7.11 Å². The minimum Gasteiger partial charge on any atom is -0.439 e. The van der Waals surface area contributed by atoms with Gasteiger partial charge in [-0.25, -0.2) is 4.98 Å². The highest BCUT2D eigenvalue weighted by Gasteiger charge is 2.08. The lowest BCUT2D eigenvalue weighted by Gasteiger charge is -2.12. The fourth-order valence-electron chi connectivity index (χ4n) is 2.17. The third-order valence-electron chi connectivity index (χ3n) is 3.08. The van der Waals surface area contributed by atoms with Gasteiger partial charge in [0.1, 0.15) is 17.5 Å². The number of aromatic nitrogens is 2. The second kappa shape index (κ2) is 6.87. The molecule has 21 heavy (non-hydrogen) atoms. The quantitative estimate of drug-likeness (QED) is 0.763. The van der Waals surface area contributed by atoms with Gasteiger partial charge < -0.3 is 9.47 Å². The van der Waals surface area contributed by atoms with Gasteiger partial charge in [0.15, 0.2) is 5.82 Å². The Kier molecular flexibility index (Phi) is 5.15. The summed E-state index contributed by atoms with van der Waals surface area (Å²) in [4.78, 5) is 8.33. The first-order valence-corrected chi connectivity index (χ1v) is 7.18. The summed E-state index contributed by atoms with van der Waals surface area (Å²) in [6, 6.07) is 7.61. The topological polar surface area (TPSA) is 44.2 Å². The number of benzene rings is 1. The van der Waals surface area contributed by atoms with E-state index >= 15 is 0 Å². The lowest BCUT2D eigenvalue weighted by atomic mass is 9.98. The Hall–Kier alpha value is -1.65. The normalized spacial score (nSPS) is 11.0. The largest absolute Gasteiger partial charge is 0.439 e. The van der Waals surface area contributed by atoms with Gasteiger partial charge in [-0.05, 0) is 36.1 Å². The Labute approximate surface area is 130 Å². The first-order valence-electron chi connectivity index (χ1n) is 6.80. The van der Waals surface area contributed by atoms with Crippen molar-refractivity contribution in [2.24, 2.45) is 0 Å². The Bertz CT molecular complexity index is 630. The van der Waals surface area contributed by atoms with Crippen LogP contribution in [0, 0.1) is 6.92 Å². The predicted molar refractivity (Wildman–Crippen MR) is 83.1 cm³/mol. The number of aryl methyl sites for hydroxylation is 1. The number of hydrogen-bond donors (Lipinski definition) is 0. The van der Waals surface area contributed by atoms with Gasteiger partial charge in [-0.1, -0.05) is 31.5 Å². The van der Waals surface area contributed by atoms with Crippen molar-refractivity contribution in [1.82, 2.24) is 9.97 Å². The summed E-state index contributed by atoms with van der Waals surface area (Å²) in [5.41, 5.74) is 2.50. The van der Waals surface area contributed by atoms with Gasteiger partial charge in [-0.2, -0.15) is 4.98 Å². The van der Waals surface area contributed by atoms with E-state index in [1.165, 1.54) is 11.1 Å². The van der Waals surface area contributed by atoms with Crippen LogP contribution in [-0.2, 0) is 11.3 Å². The fourth-order valence-corrected chi connectivity index (χ4v) is 2.36. The van der Waals surface area contributed by atoms with Crippen LogP contribution in [0.3, 0.4) is 0 Å². The van der Waals surface area contributed by atoms with E-state index in [0.29, 0.717) is 29.4 Å². The Morgan fingerprint density at radius 3 is 2.57 bits per heavy atom. The molecule has 1 heterocycles. The molecule has 2 aromatic rings. The number of nitrogens with zero attached hydrogens (tertiary/aromatic N) is 2. The molecular formula is C16H19ClN2O2. The Morgan fingerprint density at radius 2 is 1.95 bits per heavy atom. The molecule has 0 atom stereocenters. The number of methoxy groups -OCH3 is 1. The van der Waals surface area contributed by atoms with E-state index in [4.69, 9.17) is 21.1 Å². The molecule has 0 aliphatic rings. The van der Waals surface area contributed by atoms with Crippen LogP contribution in [0.4, 0.5) is 0 Å². The molecule has 0 bridgehead atoms. The molecule has 112 valence electrons. The molecule has 0 spiro atoms. The summed E-state index contributed by atoms with van der Waals surface area (Å²) >= 11 is 5.96. The molecule has 2 rings (SSSR count). The third-order valence-corrected chi connectivity index (χ3v) is 3.27. The van der Waals surface area contributed by atoms with E-state index in [9.17, 15) is 0 Å². The summed E-state index contributed by atoms with van der Waals surface area (Å²) in [6.45, 7) is 6.71. The molecule has 1 aromatic carbocycles. The average molecular weight is 307 g/mol. The zero-order valence-corrected chi connectivity index (χ0v) is 13.4.